The zero-order valence-electron chi connectivity index (χ0n) is 15.3. The van der Waals surface area contributed by atoms with Crippen molar-refractivity contribution in [2.75, 3.05) is 13.7 Å². The van der Waals surface area contributed by atoms with Gasteiger partial charge in [-0.25, -0.2) is 0 Å². The molecule has 0 aliphatic carbocycles. The van der Waals surface area contributed by atoms with Crippen LogP contribution >= 0.6 is 0 Å². The predicted octanol–water partition coefficient (Wildman–Crippen LogP) is 2.84. The summed E-state index contributed by atoms with van der Waals surface area (Å²) in [5.74, 6) is -0.471. The van der Waals surface area contributed by atoms with Gasteiger partial charge in [-0.05, 0) is 0 Å². The normalized spacial score (nSPS) is 12.4. The second-order valence-corrected chi connectivity index (χ2v) is 21.4. The molecule has 1 aromatic carbocycles. The third-order valence-electron chi connectivity index (χ3n) is 3.77. The minimum absolute atomic E-state index is 0.351. The first-order valence-electron chi connectivity index (χ1n) is 8.38. The summed E-state index contributed by atoms with van der Waals surface area (Å²) < 4.78 is 11.3. The van der Waals surface area contributed by atoms with Crippen molar-refractivity contribution < 1.29 is 19.1 Å². The van der Waals surface area contributed by atoms with Gasteiger partial charge in [-0.15, -0.1) is 0 Å². The first-order valence-corrected chi connectivity index (χ1v) is 18.4. The van der Waals surface area contributed by atoms with Crippen LogP contribution < -0.4 is 8.90 Å². The van der Waals surface area contributed by atoms with Crippen LogP contribution in [0.2, 0.25) is 14.8 Å². The van der Waals surface area contributed by atoms with Crippen LogP contribution in [-0.4, -0.2) is 50.2 Å². The number of hydrogen-bond acceptors (Lipinski definition) is 4. The van der Waals surface area contributed by atoms with Crippen LogP contribution in [-0.2, 0) is 20.7 Å². The molecule has 0 heterocycles. The van der Waals surface area contributed by atoms with Gasteiger partial charge < -0.3 is 0 Å². The van der Waals surface area contributed by atoms with Crippen LogP contribution in [0.25, 0.3) is 0 Å². The molecule has 1 N–H and O–H groups in total. The maximum atomic E-state index is 11.9. The molecule has 134 valence electrons. The summed E-state index contributed by atoms with van der Waals surface area (Å²) in [5.41, 5.74) is 0.985. The Hall–Kier alpha value is -1.24. The minimum atomic E-state index is -2.08. The van der Waals surface area contributed by atoms with E-state index in [-0.39, 0.29) is 0 Å². The van der Waals surface area contributed by atoms with E-state index in [0.717, 1.165) is 18.4 Å². The fourth-order valence-corrected chi connectivity index (χ4v) is 5.53. The number of carbonyl (C=O) groups excluding carboxylic acids is 2. The van der Waals surface area contributed by atoms with E-state index in [1.165, 1.54) is 10.7 Å². The van der Waals surface area contributed by atoms with Crippen molar-refractivity contribution in [3.63, 3.8) is 0 Å². The summed E-state index contributed by atoms with van der Waals surface area (Å²) in [6.45, 7) is 2.37. The van der Waals surface area contributed by atoms with E-state index >= 15 is 0 Å². The Bertz CT molecular complexity index is 537. The van der Waals surface area contributed by atoms with Gasteiger partial charge in [0.1, 0.15) is 0 Å². The Morgan fingerprint density at radius 3 is 2.29 bits per heavy atom. The molecule has 5 nitrogen and oxygen atoms in total. The second kappa shape index (κ2) is 9.91. The summed E-state index contributed by atoms with van der Waals surface area (Å²) in [7, 11) is 1.32. The zero-order valence-corrected chi connectivity index (χ0v) is 18.2. The molecular weight excluding hydrogens is 413 g/mol. The van der Waals surface area contributed by atoms with Crippen molar-refractivity contribution in [2.24, 2.45) is 0 Å². The zero-order chi connectivity index (χ0) is 18.2. The second-order valence-electron chi connectivity index (χ2n) is 6.86. The van der Waals surface area contributed by atoms with Crippen molar-refractivity contribution in [1.82, 2.24) is 5.32 Å². The SMILES string of the molecule is CCCCOC(=O)NC(Cc1cc[c]([Sn]([CH3])([CH3])[CH3])cc1)C(=O)OC. The topological polar surface area (TPSA) is 64.6 Å². The summed E-state index contributed by atoms with van der Waals surface area (Å²) >= 11 is -2.08. The Morgan fingerprint density at radius 2 is 1.79 bits per heavy atom. The van der Waals surface area contributed by atoms with Gasteiger partial charge in [0.2, 0.25) is 0 Å². The number of unbranched alkanes of at least 4 members (excludes halogenated alkanes) is 1. The third-order valence-corrected chi connectivity index (χ3v) is 9.66. The van der Waals surface area contributed by atoms with Crippen molar-refractivity contribution in [3.8, 4) is 0 Å². The molecule has 1 atom stereocenters. The molecule has 1 amide bonds. The van der Waals surface area contributed by atoms with E-state index in [4.69, 9.17) is 9.47 Å². The number of methoxy groups -OCH3 is 1. The van der Waals surface area contributed by atoms with Gasteiger partial charge in [-0.3, -0.25) is 0 Å². The number of rotatable bonds is 8. The van der Waals surface area contributed by atoms with E-state index in [2.05, 4.69) is 32.3 Å². The Kier molecular flexibility index (Phi) is 8.59. The van der Waals surface area contributed by atoms with Gasteiger partial charge in [-0.1, -0.05) is 6.92 Å². The fourth-order valence-electron chi connectivity index (χ4n) is 2.21. The molecule has 0 saturated heterocycles. The van der Waals surface area contributed by atoms with Gasteiger partial charge in [0.05, 0.1) is 0 Å². The Balaban J connectivity index is 2.72. The van der Waals surface area contributed by atoms with Gasteiger partial charge >= 0.3 is 142 Å². The van der Waals surface area contributed by atoms with Crippen LogP contribution in [0.4, 0.5) is 4.79 Å². The average Bonchev–Trinajstić information content (AvgIpc) is 2.53. The van der Waals surface area contributed by atoms with Gasteiger partial charge in [-0.2, -0.15) is 0 Å². The number of amides is 1. The van der Waals surface area contributed by atoms with E-state index in [1.807, 2.05) is 19.1 Å². The number of benzene rings is 1. The maximum absolute atomic E-state index is 11.9. The molecule has 6 heteroatoms. The molecule has 1 unspecified atom stereocenters. The van der Waals surface area contributed by atoms with Crippen molar-refractivity contribution in [2.45, 2.75) is 47.0 Å². The number of esters is 1. The predicted molar refractivity (Wildman–Crippen MR) is 98.3 cm³/mol. The summed E-state index contributed by atoms with van der Waals surface area (Å²) in [6.07, 6.45) is 1.55. The van der Waals surface area contributed by atoms with Gasteiger partial charge in [0.15, 0.2) is 0 Å². The molecule has 0 spiro atoms. The van der Waals surface area contributed by atoms with Crippen LogP contribution in [0.1, 0.15) is 25.3 Å². The molecule has 1 rings (SSSR count). The molecule has 0 aliphatic heterocycles. The quantitative estimate of drug-likeness (QED) is 0.382. The Morgan fingerprint density at radius 1 is 1.17 bits per heavy atom. The van der Waals surface area contributed by atoms with Crippen molar-refractivity contribution in [3.05, 3.63) is 29.8 Å². The van der Waals surface area contributed by atoms with Crippen LogP contribution in [0, 0.1) is 0 Å². The number of ether oxygens (including phenoxy) is 2. The molecule has 0 saturated carbocycles. The number of alkyl carbamates (subject to hydrolysis) is 1. The molecule has 0 fully saturated rings. The molecule has 0 bridgehead atoms. The van der Waals surface area contributed by atoms with Crippen LogP contribution in [0.3, 0.4) is 0 Å². The molecular formula is C18H29NO4Sn. The Labute approximate surface area is 149 Å². The van der Waals surface area contributed by atoms with Crippen molar-refractivity contribution in [1.29, 1.82) is 0 Å². The molecule has 0 aliphatic rings. The molecule has 0 radical (unpaired) electrons. The molecule has 1 aromatic rings. The van der Waals surface area contributed by atoms with Crippen molar-refractivity contribution >= 4 is 34.0 Å². The van der Waals surface area contributed by atoms with Crippen LogP contribution in [0.15, 0.2) is 24.3 Å². The summed E-state index contributed by atoms with van der Waals surface area (Å²) in [6, 6.07) is 7.58. The fraction of sp³-hybridized carbons (Fsp3) is 0.556. The monoisotopic (exact) mass is 443 g/mol. The van der Waals surface area contributed by atoms with E-state index < -0.39 is 36.5 Å². The standard InChI is InChI=1S/C15H20NO4.3CH3.Sn/c1-3-4-10-20-15(18)16-13(14(17)19-2)11-12-8-6-5-7-9-12;;;;/h6-9,13H,3-4,10-11H2,1-2H3,(H,16,18);3*1H3;. The average molecular weight is 442 g/mol. The first-order chi connectivity index (χ1) is 11.3. The number of nitrogens with one attached hydrogen (secondary N) is 1. The molecule has 24 heavy (non-hydrogen) atoms. The number of hydrogen-bond donors (Lipinski definition) is 1. The van der Waals surface area contributed by atoms with Gasteiger partial charge in [0.25, 0.3) is 0 Å². The number of carbonyl (C=O) groups is 2. The van der Waals surface area contributed by atoms with E-state index in [1.54, 1.807) is 0 Å². The first kappa shape index (κ1) is 20.8. The third kappa shape index (κ3) is 7.11. The molecule has 0 aromatic heterocycles. The van der Waals surface area contributed by atoms with E-state index in [9.17, 15) is 9.59 Å². The van der Waals surface area contributed by atoms with Gasteiger partial charge in [0, 0.05) is 0 Å². The van der Waals surface area contributed by atoms with E-state index in [0.29, 0.717) is 13.0 Å². The summed E-state index contributed by atoms with van der Waals surface area (Å²) in [5, 5.41) is 2.60. The summed E-state index contributed by atoms with van der Waals surface area (Å²) in [4.78, 5) is 30.8. The van der Waals surface area contributed by atoms with Crippen LogP contribution in [0.5, 0.6) is 0 Å².